The van der Waals surface area contributed by atoms with E-state index in [2.05, 4.69) is 43.4 Å². The summed E-state index contributed by atoms with van der Waals surface area (Å²) < 4.78 is 0. The molecule has 0 saturated heterocycles. The van der Waals surface area contributed by atoms with Gasteiger partial charge in [-0.1, -0.05) is 38.1 Å². The van der Waals surface area contributed by atoms with Crippen molar-refractivity contribution in [1.29, 1.82) is 0 Å². The van der Waals surface area contributed by atoms with Crippen molar-refractivity contribution in [3.05, 3.63) is 35.4 Å². The summed E-state index contributed by atoms with van der Waals surface area (Å²) in [4.78, 5) is 22.9. The first-order valence-corrected chi connectivity index (χ1v) is 8.54. The van der Waals surface area contributed by atoms with E-state index in [-0.39, 0.29) is 17.9 Å². The largest absolute Gasteiger partial charge is 0.481 e. The number of aliphatic carboxylic acids is 1. The van der Waals surface area contributed by atoms with E-state index in [1.165, 1.54) is 11.1 Å². The van der Waals surface area contributed by atoms with Gasteiger partial charge >= 0.3 is 5.97 Å². The fourth-order valence-corrected chi connectivity index (χ4v) is 3.21. The van der Waals surface area contributed by atoms with E-state index < -0.39 is 5.97 Å². The molecule has 2 atom stereocenters. The SMILES string of the molecule is CC(C)Cc1ccc(CCC(=O)N[C@@H]2CC[C@H](C(=O)O)C2)cc1. The van der Waals surface area contributed by atoms with Crippen molar-refractivity contribution in [1.82, 2.24) is 5.32 Å². The number of carboxylic acids is 1. The summed E-state index contributed by atoms with van der Waals surface area (Å²) in [6, 6.07) is 8.50. The zero-order valence-electron chi connectivity index (χ0n) is 14.0. The number of aryl methyl sites for hydroxylation is 1. The topological polar surface area (TPSA) is 66.4 Å². The number of benzene rings is 1. The van der Waals surface area contributed by atoms with Crippen LogP contribution in [0.25, 0.3) is 0 Å². The highest BCUT2D eigenvalue weighted by atomic mass is 16.4. The third kappa shape index (κ3) is 5.70. The van der Waals surface area contributed by atoms with Gasteiger partial charge in [-0.15, -0.1) is 0 Å². The third-order valence-corrected chi connectivity index (χ3v) is 4.45. The molecule has 0 spiro atoms. The normalized spacial score (nSPS) is 20.7. The van der Waals surface area contributed by atoms with Crippen molar-refractivity contribution in [2.75, 3.05) is 0 Å². The first kappa shape index (κ1) is 17.5. The van der Waals surface area contributed by atoms with Crippen LogP contribution in [0.1, 0.15) is 50.7 Å². The maximum absolute atomic E-state index is 12.0. The number of carboxylic acid groups (broad SMARTS) is 1. The van der Waals surface area contributed by atoms with Gasteiger partial charge in [0.25, 0.3) is 0 Å². The average Bonchev–Trinajstić information content (AvgIpc) is 2.95. The van der Waals surface area contributed by atoms with Gasteiger partial charge in [-0.2, -0.15) is 0 Å². The van der Waals surface area contributed by atoms with Gasteiger partial charge in [-0.3, -0.25) is 9.59 Å². The van der Waals surface area contributed by atoms with Gasteiger partial charge < -0.3 is 10.4 Å². The minimum atomic E-state index is -0.747. The summed E-state index contributed by atoms with van der Waals surface area (Å²) in [7, 11) is 0. The van der Waals surface area contributed by atoms with Gasteiger partial charge in [-0.25, -0.2) is 0 Å². The van der Waals surface area contributed by atoms with E-state index in [1.54, 1.807) is 0 Å². The Morgan fingerprint density at radius 3 is 2.39 bits per heavy atom. The zero-order chi connectivity index (χ0) is 16.8. The summed E-state index contributed by atoms with van der Waals surface area (Å²) in [5.41, 5.74) is 2.50. The van der Waals surface area contributed by atoms with Crippen LogP contribution in [-0.2, 0) is 22.4 Å². The van der Waals surface area contributed by atoms with Crippen LogP contribution in [0.3, 0.4) is 0 Å². The van der Waals surface area contributed by atoms with Crippen molar-refractivity contribution in [2.45, 2.75) is 58.4 Å². The predicted molar refractivity (Wildman–Crippen MR) is 90.2 cm³/mol. The Morgan fingerprint density at radius 2 is 1.83 bits per heavy atom. The van der Waals surface area contributed by atoms with Crippen LogP contribution in [0.15, 0.2) is 24.3 Å². The molecule has 1 amide bonds. The van der Waals surface area contributed by atoms with Crippen LogP contribution in [0.5, 0.6) is 0 Å². The van der Waals surface area contributed by atoms with E-state index in [0.29, 0.717) is 25.2 Å². The van der Waals surface area contributed by atoms with Crippen LogP contribution in [-0.4, -0.2) is 23.0 Å². The second-order valence-electron chi connectivity index (χ2n) is 7.03. The molecule has 1 aliphatic rings. The Balaban J connectivity index is 1.73. The van der Waals surface area contributed by atoms with Crippen LogP contribution in [0.2, 0.25) is 0 Å². The molecule has 1 saturated carbocycles. The number of rotatable bonds is 7. The van der Waals surface area contributed by atoms with E-state index in [4.69, 9.17) is 5.11 Å². The zero-order valence-corrected chi connectivity index (χ0v) is 14.0. The van der Waals surface area contributed by atoms with Gasteiger partial charge in [0.1, 0.15) is 0 Å². The van der Waals surface area contributed by atoms with Crippen molar-refractivity contribution in [3.63, 3.8) is 0 Å². The Bertz CT molecular complexity index is 536. The van der Waals surface area contributed by atoms with E-state index >= 15 is 0 Å². The number of hydrogen-bond acceptors (Lipinski definition) is 2. The molecule has 0 bridgehead atoms. The lowest BCUT2D eigenvalue weighted by Crippen LogP contribution is -2.33. The molecule has 126 valence electrons. The first-order chi connectivity index (χ1) is 10.9. The van der Waals surface area contributed by atoms with E-state index in [0.717, 1.165) is 19.3 Å². The molecular formula is C19H27NO3. The lowest BCUT2D eigenvalue weighted by Gasteiger charge is -2.12. The molecule has 0 unspecified atom stereocenters. The fraction of sp³-hybridized carbons (Fsp3) is 0.579. The molecular weight excluding hydrogens is 290 g/mol. The summed E-state index contributed by atoms with van der Waals surface area (Å²) >= 11 is 0. The van der Waals surface area contributed by atoms with Crippen LogP contribution < -0.4 is 5.32 Å². The summed E-state index contributed by atoms with van der Waals surface area (Å²) in [5.74, 6) is -0.378. The summed E-state index contributed by atoms with van der Waals surface area (Å²) in [6.07, 6.45) is 4.25. The maximum Gasteiger partial charge on any atom is 0.306 e. The van der Waals surface area contributed by atoms with Gasteiger partial charge in [0.2, 0.25) is 5.91 Å². The molecule has 1 fully saturated rings. The molecule has 23 heavy (non-hydrogen) atoms. The Morgan fingerprint density at radius 1 is 1.17 bits per heavy atom. The molecule has 0 heterocycles. The Hall–Kier alpha value is -1.84. The molecule has 4 nitrogen and oxygen atoms in total. The fourth-order valence-electron chi connectivity index (χ4n) is 3.21. The first-order valence-electron chi connectivity index (χ1n) is 8.54. The van der Waals surface area contributed by atoms with Crippen LogP contribution >= 0.6 is 0 Å². The molecule has 2 N–H and O–H groups in total. The molecule has 1 aromatic carbocycles. The van der Waals surface area contributed by atoms with Crippen molar-refractivity contribution >= 4 is 11.9 Å². The van der Waals surface area contributed by atoms with Crippen LogP contribution in [0.4, 0.5) is 0 Å². The van der Waals surface area contributed by atoms with Crippen molar-refractivity contribution in [2.24, 2.45) is 11.8 Å². The quantitative estimate of drug-likeness (QED) is 0.811. The molecule has 0 radical (unpaired) electrons. The maximum atomic E-state index is 12.0. The second kappa shape index (κ2) is 8.14. The highest BCUT2D eigenvalue weighted by Gasteiger charge is 2.30. The van der Waals surface area contributed by atoms with Crippen molar-refractivity contribution < 1.29 is 14.7 Å². The molecule has 0 aliphatic heterocycles. The number of carbonyl (C=O) groups excluding carboxylic acids is 1. The molecule has 1 aromatic rings. The predicted octanol–water partition coefficient (Wildman–Crippen LogP) is 3.19. The number of carbonyl (C=O) groups is 2. The van der Waals surface area contributed by atoms with E-state index in [9.17, 15) is 9.59 Å². The van der Waals surface area contributed by atoms with E-state index in [1.807, 2.05) is 0 Å². The van der Waals surface area contributed by atoms with Crippen molar-refractivity contribution in [3.8, 4) is 0 Å². The Labute approximate surface area is 138 Å². The lowest BCUT2D eigenvalue weighted by molar-refractivity contribution is -0.141. The smallest absolute Gasteiger partial charge is 0.306 e. The molecule has 4 heteroatoms. The number of amides is 1. The minimum absolute atomic E-state index is 0.0206. The number of nitrogens with one attached hydrogen (secondary N) is 1. The van der Waals surface area contributed by atoms with Gasteiger partial charge in [0.15, 0.2) is 0 Å². The highest BCUT2D eigenvalue weighted by Crippen LogP contribution is 2.25. The van der Waals surface area contributed by atoms with Crippen LogP contribution in [0, 0.1) is 11.8 Å². The van der Waals surface area contributed by atoms with Gasteiger partial charge in [0.05, 0.1) is 5.92 Å². The number of hydrogen-bond donors (Lipinski definition) is 2. The molecule has 0 aromatic heterocycles. The highest BCUT2D eigenvalue weighted by molar-refractivity contribution is 5.77. The monoisotopic (exact) mass is 317 g/mol. The molecule has 1 aliphatic carbocycles. The third-order valence-electron chi connectivity index (χ3n) is 4.45. The second-order valence-corrected chi connectivity index (χ2v) is 7.03. The summed E-state index contributed by atoms with van der Waals surface area (Å²) in [6.45, 7) is 4.41. The molecule has 2 rings (SSSR count). The van der Waals surface area contributed by atoms with Gasteiger partial charge in [-0.05, 0) is 49.1 Å². The standard InChI is InChI=1S/C19H27NO3/c1-13(2)11-15-5-3-14(4-6-15)7-10-18(21)20-17-9-8-16(12-17)19(22)23/h3-6,13,16-17H,7-12H2,1-2H3,(H,20,21)(H,22,23)/t16-,17+/m0/s1. The van der Waals surface area contributed by atoms with Gasteiger partial charge in [0, 0.05) is 12.5 Å². The summed E-state index contributed by atoms with van der Waals surface area (Å²) in [5, 5.41) is 12.0. The average molecular weight is 317 g/mol. The minimum Gasteiger partial charge on any atom is -0.481 e. The Kier molecular flexibility index (Phi) is 6.20. The lowest BCUT2D eigenvalue weighted by atomic mass is 10.0.